The second kappa shape index (κ2) is 4.39. The van der Waals surface area contributed by atoms with Crippen molar-refractivity contribution in [1.29, 1.82) is 0 Å². The Kier molecular flexibility index (Phi) is 2.77. The van der Waals surface area contributed by atoms with E-state index in [9.17, 15) is 4.79 Å². The molecule has 2 rings (SSSR count). The zero-order valence-corrected chi connectivity index (χ0v) is 8.15. The molecule has 2 aromatic heterocycles. The molecule has 0 saturated heterocycles. The highest BCUT2D eigenvalue weighted by Gasteiger charge is 2.01. The Morgan fingerprint density at radius 2 is 2.38 bits per heavy atom. The molecular weight excluding hydrogens is 212 g/mol. The van der Waals surface area contributed by atoms with Crippen LogP contribution in [0.3, 0.4) is 0 Å². The van der Waals surface area contributed by atoms with Crippen LogP contribution in [0.25, 0.3) is 5.82 Å². The Bertz CT molecular complexity index is 466. The van der Waals surface area contributed by atoms with E-state index >= 15 is 0 Å². The number of nitrogens with zero attached hydrogens (tertiary/aromatic N) is 4. The molecule has 7 heteroatoms. The lowest BCUT2D eigenvalue weighted by Gasteiger charge is -2.03. The van der Waals surface area contributed by atoms with Crippen LogP contribution >= 0.6 is 0 Å². The van der Waals surface area contributed by atoms with Crippen molar-refractivity contribution in [3.8, 4) is 11.6 Å². The number of pyridine rings is 1. The number of hydrogen-bond donors (Lipinski definition) is 1. The number of carboxylic acid groups (broad SMARTS) is 1. The summed E-state index contributed by atoms with van der Waals surface area (Å²) in [7, 11) is 0. The highest BCUT2D eigenvalue weighted by Crippen LogP contribution is 2.10. The molecule has 0 spiro atoms. The number of carbonyl (C=O) groups is 1. The molecule has 2 aromatic rings. The second-order valence-corrected chi connectivity index (χ2v) is 2.87. The van der Waals surface area contributed by atoms with Crippen LogP contribution in [0.5, 0.6) is 5.75 Å². The molecular formula is C9H8N4O3. The number of ether oxygens (including phenoxy) is 1. The standard InChI is InChI=1S/C9H8N4O3/c14-9(15)4-16-7-1-2-8(11-3-7)13-6-10-5-12-13/h1-3,5-6H,4H2,(H,14,15). The van der Waals surface area contributed by atoms with Crippen molar-refractivity contribution in [3.63, 3.8) is 0 Å². The molecule has 7 nitrogen and oxygen atoms in total. The van der Waals surface area contributed by atoms with Crippen molar-refractivity contribution >= 4 is 5.97 Å². The van der Waals surface area contributed by atoms with Gasteiger partial charge in [0.15, 0.2) is 12.4 Å². The van der Waals surface area contributed by atoms with Gasteiger partial charge < -0.3 is 9.84 Å². The number of aliphatic carboxylic acids is 1. The van der Waals surface area contributed by atoms with Gasteiger partial charge in [0.2, 0.25) is 0 Å². The predicted octanol–water partition coefficient (Wildman–Crippen LogP) is 0.126. The zero-order chi connectivity index (χ0) is 11.4. The van der Waals surface area contributed by atoms with Gasteiger partial charge in [-0.3, -0.25) is 0 Å². The van der Waals surface area contributed by atoms with E-state index in [2.05, 4.69) is 15.1 Å². The van der Waals surface area contributed by atoms with Crippen molar-refractivity contribution in [2.75, 3.05) is 6.61 Å². The van der Waals surface area contributed by atoms with Gasteiger partial charge in [-0.1, -0.05) is 0 Å². The SMILES string of the molecule is O=C(O)COc1ccc(-n2cncn2)nc1. The summed E-state index contributed by atoms with van der Waals surface area (Å²) < 4.78 is 6.42. The first-order valence-corrected chi connectivity index (χ1v) is 4.41. The Labute approximate surface area is 90.3 Å². The lowest BCUT2D eigenvalue weighted by Crippen LogP contribution is -2.09. The van der Waals surface area contributed by atoms with Crippen LogP contribution in [-0.2, 0) is 4.79 Å². The average molecular weight is 220 g/mol. The minimum atomic E-state index is -1.03. The monoisotopic (exact) mass is 220 g/mol. The van der Waals surface area contributed by atoms with Crippen LogP contribution in [0.2, 0.25) is 0 Å². The lowest BCUT2D eigenvalue weighted by atomic mass is 10.4. The maximum absolute atomic E-state index is 10.3. The van der Waals surface area contributed by atoms with Crippen LogP contribution in [-0.4, -0.2) is 37.4 Å². The van der Waals surface area contributed by atoms with Crippen molar-refractivity contribution in [1.82, 2.24) is 19.7 Å². The topological polar surface area (TPSA) is 90.1 Å². The van der Waals surface area contributed by atoms with E-state index < -0.39 is 5.97 Å². The zero-order valence-electron chi connectivity index (χ0n) is 8.15. The summed E-state index contributed by atoms with van der Waals surface area (Å²) in [5, 5.41) is 12.3. The van der Waals surface area contributed by atoms with Crippen molar-refractivity contribution in [3.05, 3.63) is 31.0 Å². The summed E-state index contributed by atoms with van der Waals surface area (Å²) in [6.07, 6.45) is 4.34. The van der Waals surface area contributed by atoms with E-state index in [0.29, 0.717) is 11.6 Å². The molecule has 0 aliphatic heterocycles. The van der Waals surface area contributed by atoms with Crippen LogP contribution in [0.15, 0.2) is 31.0 Å². The molecule has 0 bridgehead atoms. The summed E-state index contributed by atoms with van der Waals surface area (Å²) in [4.78, 5) is 18.1. The number of rotatable bonds is 4. The predicted molar refractivity (Wildman–Crippen MR) is 52.3 cm³/mol. The molecule has 0 aromatic carbocycles. The van der Waals surface area contributed by atoms with Crippen LogP contribution in [0.4, 0.5) is 0 Å². The maximum atomic E-state index is 10.3. The third kappa shape index (κ3) is 2.32. The summed E-state index contributed by atoms with van der Waals surface area (Å²) in [6, 6.07) is 3.28. The van der Waals surface area contributed by atoms with Crippen molar-refractivity contribution in [2.24, 2.45) is 0 Å². The third-order valence-corrected chi connectivity index (χ3v) is 1.74. The first-order valence-electron chi connectivity index (χ1n) is 4.41. The Morgan fingerprint density at radius 1 is 1.50 bits per heavy atom. The summed E-state index contributed by atoms with van der Waals surface area (Å²) in [5.41, 5.74) is 0. The first kappa shape index (κ1) is 10.1. The van der Waals surface area contributed by atoms with Gasteiger partial charge in [0.25, 0.3) is 0 Å². The molecule has 0 aliphatic rings. The highest BCUT2D eigenvalue weighted by molar-refractivity contribution is 5.68. The maximum Gasteiger partial charge on any atom is 0.341 e. The second-order valence-electron chi connectivity index (χ2n) is 2.87. The smallest absolute Gasteiger partial charge is 0.341 e. The van der Waals surface area contributed by atoms with Gasteiger partial charge in [0.05, 0.1) is 6.20 Å². The van der Waals surface area contributed by atoms with E-state index in [1.165, 1.54) is 23.5 Å². The molecule has 0 fully saturated rings. The molecule has 82 valence electrons. The molecule has 0 saturated carbocycles. The Morgan fingerprint density at radius 3 is 2.94 bits per heavy atom. The van der Waals surface area contributed by atoms with Crippen LogP contribution in [0.1, 0.15) is 0 Å². The van der Waals surface area contributed by atoms with Gasteiger partial charge >= 0.3 is 5.97 Å². The van der Waals surface area contributed by atoms with Crippen molar-refractivity contribution < 1.29 is 14.6 Å². The van der Waals surface area contributed by atoms with Gasteiger partial charge in [0, 0.05) is 0 Å². The van der Waals surface area contributed by atoms with Crippen molar-refractivity contribution in [2.45, 2.75) is 0 Å². The Hall–Kier alpha value is -2.44. The van der Waals surface area contributed by atoms with Crippen LogP contribution < -0.4 is 4.74 Å². The first-order chi connectivity index (χ1) is 7.75. The molecule has 16 heavy (non-hydrogen) atoms. The molecule has 0 atom stereocenters. The highest BCUT2D eigenvalue weighted by atomic mass is 16.5. The van der Waals surface area contributed by atoms with E-state index in [1.54, 1.807) is 12.1 Å². The van der Waals surface area contributed by atoms with Gasteiger partial charge in [-0.05, 0) is 12.1 Å². The van der Waals surface area contributed by atoms with E-state index in [0.717, 1.165) is 0 Å². The molecule has 2 heterocycles. The quantitative estimate of drug-likeness (QED) is 0.787. The summed E-state index contributed by atoms with van der Waals surface area (Å²) in [6.45, 7) is -0.385. The number of hydrogen-bond acceptors (Lipinski definition) is 5. The summed E-state index contributed by atoms with van der Waals surface area (Å²) >= 11 is 0. The molecule has 0 aliphatic carbocycles. The average Bonchev–Trinajstić information content (AvgIpc) is 2.80. The molecule has 0 radical (unpaired) electrons. The third-order valence-electron chi connectivity index (χ3n) is 1.74. The molecule has 0 amide bonds. The fraction of sp³-hybridized carbons (Fsp3) is 0.111. The minimum absolute atomic E-state index is 0.385. The van der Waals surface area contributed by atoms with Gasteiger partial charge in [-0.25, -0.2) is 19.4 Å². The number of aromatic nitrogens is 4. The fourth-order valence-corrected chi connectivity index (χ4v) is 1.06. The fourth-order valence-electron chi connectivity index (χ4n) is 1.06. The van der Waals surface area contributed by atoms with E-state index in [1.807, 2.05) is 0 Å². The summed E-state index contributed by atoms with van der Waals surface area (Å²) in [5.74, 6) is -0.0493. The van der Waals surface area contributed by atoms with E-state index in [-0.39, 0.29) is 6.61 Å². The Balaban J connectivity index is 2.08. The van der Waals surface area contributed by atoms with Gasteiger partial charge in [0.1, 0.15) is 18.4 Å². The molecule has 1 N–H and O–H groups in total. The molecule has 0 unspecified atom stereocenters. The minimum Gasteiger partial charge on any atom is -0.480 e. The van der Waals surface area contributed by atoms with Crippen LogP contribution in [0, 0.1) is 0 Å². The van der Waals surface area contributed by atoms with E-state index in [4.69, 9.17) is 9.84 Å². The largest absolute Gasteiger partial charge is 0.480 e. The lowest BCUT2D eigenvalue weighted by molar-refractivity contribution is -0.139. The van der Waals surface area contributed by atoms with Gasteiger partial charge in [-0.2, -0.15) is 5.10 Å². The van der Waals surface area contributed by atoms with Gasteiger partial charge in [-0.15, -0.1) is 0 Å². The number of carboxylic acids is 1. The normalized spacial score (nSPS) is 10.0.